The van der Waals surface area contributed by atoms with Crippen LogP contribution in [0.15, 0.2) is 18.2 Å². The molecule has 7 heteroatoms. The van der Waals surface area contributed by atoms with E-state index in [4.69, 9.17) is 4.74 Å². The first kappa shape index (κ1) is 15.9. The first-order valence-electron chi connectivity index (χ1n) is 7.19. The zero-order valence-electron chi connectivity index (χ0n) is 12.4. The molecule has 22 heavy (non-hydrogen) atoms. The van der Waals surface area contributed by atoms with Crippen LogP contribution < -0.4 is 4.74 Å². The second-order valence-electron chi connectivity index (χ2n) is 5.32. The number of nitro groups is 1. The second kappa shape index (κ2) is 7.02. The van der Waals surface area contributed by atoms with Crippen LogP contribution in [0.3, 0.4) is 0 Å². The molecule has 0 N–H and O–H groups in total. The third kappa shape index (κ3) is 3.60. The lowest BCUT2D eigenvalue weighted by atomic mass is 10.0. The third-order valence-corrected chi connectivity index (χ3v) is 3.81. The van der Waals surface area contributed by atoms with E-state index in [2.05, 4.69) is 0 Å². The average Bonchev–Trinajstić information content (AvgIpc) is 2.52. The summed E-state index contributed by atoms with van der Waals surface area (Å²) in [6.45, 7) is 2.53. The topological polar surface area (TPSA) is 89.8 Å². The number of likely N-dealkylation sites (tertiary alicyclic amines) is 1. The standard InChI is InChI=1S/C15H18N2O5/c1-11-4-2-3-7-16(11)15(19)10-22-14-6-5-13(17(20)21)8-12(14)9-18/h5-6,8-9,11H,2-4,7,10H2,1H3/t11-/m1/s1. The number of piperidine rings is 1. The van der Waals surface area contributed by atoms with Crippen LogP contribution in [0.25, 0.3) is 0 Å². The molecule has 0 spiro atoms. The third-order valence-electron chi connectivity index (χ3n) is 3.81. The molecule has 1 fully saturated rings. The Bertz CT molecular complexity index is 587. The summed E-state index contributed by atoms with van der Waals surface area (Å²) in [6, 6.07) is 3.91. The van der Waals surface area contributed by atoms with E-state index in [0.717, 1.165) is 25.3 Å². The first-order chi connectivity index (χ1) is 10.5. The van der Waals surface area contributed by atoms with E-state index in [9.17, 15) is 19.7 Å². The van der Waals surface area contributed by atoms with E-state index in [1.54, 1.807) is 4.90 Å². The van der Waals surface area contributed by atoms with Crippen LogP contribution >= 0.6 is 0 Å². The molecule has 1 aromatic carbocycles. The van der Waals surface area contributed by atoms with Crippen LogP contribution in [0.4, 0.5) is 5.69 Å². The summed E-state index contributed by atoms with van der Waals surface area (Å²) >= 11 is 0. The molecule has 1 saturated heterocycles. The molecule has 1 aromatic rings. The summed E-state index contributed by atoms with van der Waals surface area (Å²) in [7, 11) is 0. The highest BCUT2D eigenvalue weighted by atomic mass is 16.6. The van der Waals surface area contributed by atoms with E-state index in [0.29, 0.717) is 12.8 Å². The van der Waals surface area contributed by atoms with Crippen LogP contribution in [0.5, 0.6) is 5.75 Å². The minimum atomic E-state index is -0.586. The quantitative estimate of drug-likeness (QED) is 0.472. The molecular weight excluding hydrogens is 288 g/mol. The maximum absolute atomic E-state index is 12.2. The van der Waals surface area contributed by atoms with Gasteiger partial charge in [-0.2, -0.15) is 0 Å². The Balaban J connectivity index is 2.03. The maximum Gasteiger partial charge on any atom is 0.270 e. The van der Waals surface area contributed by atoms with Gasteiger partial charge in [-0.3, -0.25) is 19.7 Å². The van der Waals surface area contributed by atoms with Crippen molar-refractivity contribution in [2.24, 2.45) is 0 Å². The lowest BCUT2D eigenvalue weighted by Gasteiger charge is -2.33. The number of carbonyl (C=O) groups is 2. The van der Waals surface area contributed by atoms with Crippen molar-refractivity contribution < 1.29 is 19.2 Å². The number of nitrogens with zero attached hydrogens (tertiary/aromatic N) is 2. The summed E-state index contributed by atoms with van der Waals surface area (Å²) in [5.41, 5.74) is -0.126. The zero-order chi connectivity index (χ0) is 16.1. The molecule has 2 rings (SSSR count). The summed E-state index contributed by atoms with van der Waals surface area (Å²) < 4.78 is 5.38. The first-order valence-corrected chi connectivity index (χ1v) is 7.19. The van der Waals surface area contributed by atoms with Gasteiger partial charge in [-0.25, -0.2) is 0 Å². The summed E-state index contributed by atoms with van der Waals surface area (Å²) in [6.07, 6.45) is 3.55. The van der Waals surface area contributed by atoms with Crippen molar-refractivity contribution >= 4 is 17.9 Å². The summed E-state index contributed by atoms with van der Waals surface area (Å²) in [4.78, 5) is 35.0. The Hall–Kier alpha value is -2.44. The summed E-state index contributed by atoms with van der Waals surface area (Å²) in [5, 5.41) is 10.7. The van der Waals surface area contributed by atoms with Crippen molar-refractivity contribution in [1.29, 1.82) is 0 Å². The Morgan fingerprint density at radius 1 is 1.50 bits per heavy atom. The van der Waals surface area contributed by atoms with Crippen LogP contribution in [0.1, 0.15) is 36.5 Å². The van der Waals surface area contributed by atoms with E-state index in [1.165, 1.54) is 12.1 Å². The van der Waals surface area contributed by atoms with Gasteiger partial charge in [0.05, 0.1) is 10.5 Å². The number of nitro benzene ring substituents is 1. The number of benzene rings is 1. The number of amides is 1. The Kier molecular flexibility index (Phi) is 5.08. The largest absolute Gasteiger partial charge is 0.483 e. The minimum absolute atomic E-state index is 0.0636. The molecule has 0 aromatic heterocycles. The number of hydrogen-bond donors (Lipinski definition) is 0. The predicted octanol–water partition coefficient (Wildman–Crippen LogP) is 2.19. The van der Waals surface area contributed by atoms with Gasteiger partial charge in [-0.15, -0.1) is 0 Å². The van der Waals surface area contributed by atoms with Crippen molar-refractivity contribution in [1.82, 2.24) is 4.90 Å². The van der Waals surface area contributed by atoms with Crippen molar-refractivity contribution in [2.75, 3.05) is 13.2 Å². The molecular formula is C15H18N2O5. The molecule has 0 aliphatic carbocycles. The zero-order valence-corrected chi connectivity index (χ0v) is 12.4. The molecule has 0 saturated carbocycles. The van der Waals surface area contributed by atoms with Crippen molar-refractivity contribution in [3.63, 3.8) is 0 Å². The smallest absolute Gasteiger partial charge is 0.270 e. The van der Waals surface area contributed by atoms with Crippen molar-refractivity contribution in [3.8, 4) is 5.75 Å². The van der Waals surface area contributed by atoms with Crippen LogP contribution in [0, 0.1) is 10.1 Å². The predicted molar refractivity (Wildman–Crippen MR) is 79.0 cm³/mol. The van der Waals surface area contributed by atoms with Crippen molar-refractivity contribution in [3.05, 3.63) is 33.9 Å². The van der Waals surface area contributed by atoms with Gasteiger partial charge in [0.2, 0.25) is 0 Å². The van der Waals surface area contributed by atoms with E-state index in [-0.39, 0.29) is 35.6 Å². The van der Waals surface area contributed by atoms with Crippen LogP contribution in [-0.2, 0) is 4.79 Å². The lowest BCUT2D eigenvalue weighted by Crippen LogP contribution is -2.44. The van der Waals surface area contributed by atoms with Gasteiger partial charge in [0, 0.05) is 24.7 Å². The molecule has 0 bridgehead atoms. The fraction of sp³-hybridized carbons (Fsp3) is 0.467. The number of hydrogen-bond acceptors (Lipinski definition) is 5. The molecule has 1 heterocycles. The molecule has 1 aliphatic heterocycles. The minimum Gasteiger partial charge on any atom is -0.483 e. The summed E-state index contributed by atoms with van der Waals surface area (Å²) in [5.74, 6) is 0.0426. The van der Waals surface area contributed by atoms with E-state index < -0.39 is 4.92 Å². The number of rotatable bonds is 5. The van der Waals surface area contributed by atoms with Gasteiger partial charge >= 0.3 is 0 Å². The molecule has 118 valence electrons. The maximum atomic E-state index is 12.2. The molecule has 0 unspecified atom stereocenters. The normalized spacial score (nSPS) is 17.9. The number of carbonyl (C=O) groups excluding carboxylic acids is 2. The van der Waals surface area contributed by atoms with Crippen molar-refractivity contribution in [2.45, 2.75) is 32.2 Å². The van der Waals surface area contributed by atoms with Gasteiger partial charge < -0.3 is 9.64 Å². The SMILES string of the molecule is C[C@@H]1CCCCN1C(=O)COc1ccc([N+](=O)[O-])cc1C=O. The van der Waals surface area contributed by atoms with Gasteiger partial charge in [-0.1, -0.05) is 0 Å². The van der Waals surface area contributed by atoms with Gasteiger partial charge in [-0.05, 0) is 32.3 Å². The van der Waals surface area contributed by atoms with E-state index >= 15 is 0 Å². The lowest BCUT2D eigenvalue weighted by molar-refractivity contribution is -0.384. The average molecular weight is 306 g/mol. The Labute approximate surface area is 128 Å². The fourth-order valence-electron chi connectivity index (χ4n) is 2.56. The highest BCUT2D eigenvalue weighted by Crippen LogP contribution is 2.23. The highest BCUT2D eigenvalue weighted by Gasteiger charge is 2.23. The highest BCUT2D eigenvalue weighted by molar-refractivity contribution is 5.82. The van der Waals surface area contributed by atoms with Gasteiger partial charge in [0.25, 0.3) is 11.6 Å². The molecule has 1 aliphatic rings. The van der Waals surface area contributed by atoms with Gasteiger partial charge in [0.1, 0.15) is 5.75 Å². The Morgan fingerprint density at radius 3 is 2.91 bits per heavy atom. The van der Waals surface area contributed by atoms with Crippen LogP contribution in [0.2, 0.25) is 0 Å². The monoisotopic (exact) mass is 306 g/mol. The van der Waals surface area contributed by atoms with E-state index in [1.807, 2.05) is 6.92 Å². The van der Waals surface area contributed by atoms with Crippen LogP contribution in [-0.4, -0.2) is 41.2 Å². The fourth-order valence-corrected chi connectivity index (χ4v) is 2.56. The second-order valence-corrected chi connectivity index (χ2v) is 5.32. The number of ether oxygens (including phenoxy) is 1. The molecule has 7 nitrogen and oxygen atoms in total. The number of non-ortho nitro benzene ring substituents is 1. The number of aldehydes is 1. The van der Waals surface area contributed by atoms with Gasteiger partial charge in [0.15, 0.2) is 12.9 Å². The molecule has 1 amide bonds. The molecule has 0 radical (unpaired) electrons. The Morgan fingerprint density at radius 2 is 2.27 bits per heavy atom. The molecule has 1 atom stereocenters.